The summed E-state index contributed by atoms with van der Waals surface area (Å²) in [7, 11) is 2.19. The molecule has 0 saturated carbocycles. The Kier molecular flexibility index (Phi) is 4.22. The van der Waals surface area contributed by atoms with Gasteiger partial charge in [0.15, 0.2) is 0 Å². The molecule has 0 radical (unpaired) electrons. The highest BCUT2D eigenvalue weighted by Gasteiger charge is 2.13. The van der Waals surface area contributed by atoms with Crippen molar-refractivity contribution in [3.05, 3.63) is 35.4 Å². The van der Waals surface area contributed by atoms with Gasteiger partial charge in [-0.25, -0.2) is 0 Å². The molecule has 1 saturated heterocycles. The molecule has 2 nitrogen and oxygen atoms in total. The molecule has 0 spiro atoms. The van der Waals surface area contributed by atoms with Gasteiger partial charge >= 0.3 is 0 Å². The summed E-state index contributed by atoms with van der Waals surface area (Å²) in [5, 5.41) is 0. The number of likely N-dealkylation sites (N-methyl/N-ethyl adjacent to an activating group) is 1. The number of rotatable bonds is 3. The van der Waals surface area contributed by atoms with E-state index in [-0.39, 0.29) is 0 Å². The molecule has 0 bridgehead atoms. The number of piperazine rings is 1. The second kappa shape index (κ2) is 5.67. The van der Waals surface area contributed by atoms with Gasteiger partial charge in [-0.15, -0.1) is 11.6 Å². The van der Waals surface area contributed by atoms with Crippen molar-refractivity contribution in [1.29, 1.82) is 0 Å². The molecule has 1 fully saturated rings. The SMILES string of the molecule is CN1CCN(Cc2ccc(CCl)cc2)CC1. The monoisotopic (exact) mass is 238 g/mol. The molecule has 0 atom stereocenters. The van der Waals surface area contributed by atoms with Crippen LogP contribution in [0.5, 0.6) is 0 Å². The summed E-state index contributed by atoms with van der Waals surface area (Å²) in [6.45, 7) is 5.78. The maximum atomic E-state index is 5.77. The van der Waals surface area contributed by atoms with Gasteiger partial charge in [0, 0.05) is 38.6 Å². The summed E-state index contributed by atoms with van der Waals surface area (Å²) in [4.78, 5) is 4.89. The Morgan fingerprint density at radius 3 is 2.12 bits per heavy atom. The van der Waals surface area contributed by atoms with Crippen LogP contribution in [0.2, 0.25) is 0 Å². The van der Waals surface area contributed by atoms with Crippen LogP contribution >= 0.6 is 11.6 Å². The number of alkyl halides is 1. The molecule has 0 aliphatic carbocycles. The Morgan fingerprint density at radius 1 is 1.00 bits per heavy atom. The smallest absolute Gasteiger partial charge is 0.0474 e. The molecule has 3 heteroatoms. The highest BCUT2D eigenvalue weighted by Crippen LogP contribution is 2.10. The molecule has 1 aliphatic heterocycles. The van der Waals surface area contributed by atoms with Gasteiger partial charge in [0.25, 0.3) is 0 Å². The molecular formula is C13H19ClN2. The minimum Gasteiger partial charge on any atom is -0.304 e. The van der Waals surface area contributed by atoms with Crippen LogP contribution < -0.4 is 0 Å². The molecule has 1 heterocycles. The van der Waals surface area contributed by atoms with Crippen LogP contribution in [-0.2, 0) is 12.4 Å². The third-order valence-electron chi connectivity index (χ3n) is 3.18. The van der Waals surface area contributed by atoms with Crippen molar-refractivity contribution < 1.29 is 0 Å². The second-order valence-electron chi connectivity index (χ2n) is 4.53. The fourth-order valence-corrected chi connectivity index (χ4v) is 2.18. The van der Waals surface area contributed by atoms with Crippen LogP contribution in [0.3, 0.4) is 0 Å². The first-order chi connectivity index (χ1) is 7.78. The Morgan fingerprint density at radius 2 is 1.56 bits per heavy atom. The van der Waals surface area contributed by atoms with Crippen molar-refractivity contribution in [3.63, 3.8) is 0 Å². The zero-order valence-corrected chi connectivity index (χ0v) is 10.6. The summed E-state index contributed by atoms with van der Waals surface area (Å²) in [6, 6.07) is 8.63. The van der Waals surface area contributed by atoms with E-state index in [0.717, 1.165) is 6.54 Å². The average Bonchev–Trinajstić information content (AvgIpc) is 2.33. The molecule has 1 aromatic rings. The lowest BCUT2D eigenvalue weighted by molar-refractivity contribution is 0.148. The molecule has 1 aromatic carbocycles. The molecule has 0 amide bonds. The van der Waals surface area contributed by atoms with E-state index in [9.17, 15) is 0 Å². The quantitative estimate of drug-likeness (QED) is 0.745. The molecule has 0 N–H and O–H groups in total. The predicted molar refractivity (Wildman–Crippen MR) is 68.8 cm³/mol. The summed E-state index contributed by atoms with van der Waals surface area (Å²) >= 11 is 5.77. The van der Waals surface area contributed by atoms with Gasteiger partial charge in [0.2, 0.25) is 0 Å². The lowest BCUT2D eigenvalue weighted by Gasteiger charge is -2.32. The number of hydrogen-bond donors (Lipinski definition) is 0. The van der Waals surface area contributed by atoms with Gasteiger partial charge in [-0.2, -0.15) is 0 Å². The van der Waals surface area contributed by atoms with E-state index in [0.29, 0.717) is 5.88 Å². The Labute approximate surface area is 103 Å². The Hall–Kier alpha value is -0.570. The highest BCUT2D eigenvalue weighted by molar-refractivity contribution is 6.17. The summed E-state index contributed by atoms with van der Waals surface area (Å²) < 4.78 is 0. The molecule has 1 aliphatic rings. The van der Waals surface area contributed by atoms with Gasteiger partial charge in [0.1, 0.15) is 0 Å². The van der Waals surface area contributed by atoms with Gasteiger partial charge in [0.05, 0.1) is 0 Å². The zero-order valence-electron chi connectivity index (χ0n) is 9.82. The Balaban J connectivity index is 1.88. The first kappa shape index (κ1) is 11.9. The van der Waals surface area contributed by atoms with Gasteiger partial charge in [-0.1, -0.05) is 24.3 Å². The van der Waals surface area contributed by atoms with Crippen LogP contribution in [-0.4, -0.2) is 43.0 Å². The van der Waals surface area contributed by atoms with Gasteiger partial charge in [-0.05, 0) is 18.2 Å². The van der Waals surface area contributed by atoms with Crippen LogP contribution in [0.1, 0.15) is 11.1 Å². The maximum Gasteiger partial charge on any atom is 0.0474 e. The number of nitrogens with zero attached hydrogens (tertiary/aromatic N) is 2. The minimum atomic E-state index is 0.606. The van der Waals surface area contributed by atoms with Crippen molar-refractivity contribution in [2.24, 2.45) is 0 Å². The number of benzene rings is 1. The minimum absolute atomic E-state index is 0.606. The van der Waals surface area contributed by atoms with Crippen molar-refractivity contribution >= 4 is 11.6 Å². The van der Waals surface area contributed by atoms with Crippen LogP contribution in [0.15, 0.2) is 24.3 Å². The molecule has 88 valence electrons. The van der Waals surface area contributed by atoms with Crippen LogP contribution in [0.4, 0.5) is 0 Å². The third-order valence-corrected chi connectivity index (χ3v) is 3.49. The standard InChI is InChI=1S/C13H19ClN2/c1-15-6-8-16(9-7-15)11-13-4-2-12(10-14)3-5-13/h2-5H,6-11H2,1H3. The fraction of sp³-hybridized carbons (Fsp3) is 0.538. The van der Waals surface area contributed by atoms with Crippen LogP contribution in [0, 0.1) is 0 Å². The van der Waals surface area contributed by atoms with E-state index in [4.69, 9.17) is 11.6 Å². The summed E-state index contributed by atoms with van der Waals surface area (Å²) in [5.41, 5.74) is 2.59. The Bertz CT molecular complexity index is 315. The first-order valence-corrected chi connectivity index (χ1v) is 6.36. The lowest BCUT2D eigenvalue weighted by Crippen LogP contribution is -2.43. The predicted octanol–water partition coefficient (Wildman–Crippen LogP) is 2.17. The topological polar surface area (TPSA) is 6.48 Å². The van der Waals surface area contributed by atoms with Crippen molar-refractivity contribution in [1.82, 2.24) is 9.80 Å². The van der Waals surface area contributed by atoms with Gasteiger partial charge in [-0.3, -0.25) is 4.90 Å². The normalized spacial score (nSPS) is 18.9. The fourth-order valence-electron chi connectivity index (χ4n) is 2.00. The summed E-state index contributed by atoms with van der Waals surface area (Å²) in [6.07, 6.45) is 0. The van der Waals surface area contributed by atoms with E-state index < -0.39 is 0 Å². The zero-order chi connectivity index (χ0) is 11.4. The van der Waals surface area contributed by atoms with Crippen molar-refractivity contribution in [3.8, 4) is 0 Å². The molecule has 2 rings (SSSR count). The molecule has 0 aromatic heterocycles. The lowest BCUT2D eigenvalue weighted by atomic mass is 10.1. The first-order valence-electron chi connectivity index (χ1n) is 5.82. The van der Waals surface area contributed by atoms with E-state index in [1.807, 2.05) is 0 Å². The second-order valence-corrected chi connectivity index (χ2v) is 4.80. The van der Waals surface area contributed by atoms with E-state index in [1.54, 1.807) is 0 Å². The van der Waals surface area contributed by atoms with E-state index >= 15 is 0 Å². The average molecular weight is 239 g/mol. The molecule has 16 heavy (non-hydrogen) atoms. The summed E-state index contributed by atoms with van der Waals surface area (Å²) in [5.74, 6) is 0.606. The molecule has 0 unspecified atom stereocenters. The maximum absolute atomic E-state index is 5.77. The largest absolute Gasteiger partial charge is 0.304 e. The van der Waals surface area contributed by atoms with Crippen molar-refractivity contribution in [2.75, 3.05) is 33.2 Å². The van der Waals surface area contributed by atoms with E-state index in [2.05, 4.69) is 41.1 Å². The van der Waals surface area contributed by atoms with Gasteiger partial charge < -0.3 is 4.90 Å². The van der Waals surface area contributed by atoms with Crippen molar-refractivity contribution in [2.45, 2.75) is 12.4 Å². The molecular weight excluding hydrogens is 220 g/mol. The highest BCUT2D eigenvalue weighted by atomic mass is 35.5. The van der Waals surface area contributed by atoms with E-state index in [1.165, 1.54) is 37.3 Å². The van der Waals surface area contributed by atoms with Crippen LogP contribution in [0.25, 0.3) is 0 Å². The number of hydrogen-bond acceptors (Lipinski definition) is 2. The third kappa shape index (κ3) is 3.21. The number of halogens is 1.